The number of aryl methyl sites for hydroxylation is 1. The van der Waals surface area contributed by atoms with E-state index in [0.29, 0.717) is 12.0 Å². The minimum Gasteiger partial charge on any atom is -0.423 e. The third-order valence-electron chi connectivity index (χ3n) is 2.42. The van der Waals surface area contributed by atoms with E-state index in [1.54, 1.807) is 12.1 Å². The van der Waals surface area contributed by atoms with Crippen LogP contribution >= 0.6 is 0 Å². The molecule has 0 aliphatic rings. The monoisotopic (exact) mass is 210 g/mol. The first kappa shape index (κ1) is 12.2. The van der Waals surface area contributed by atoms with Crippen molar-refractivity contribution < 1.29 is 14.4 Å². The highest BCUT2D eigenvalue weighted by atomic mass is 19.1. The summed E-state index contributed by atoms with van der Waals surface area (Å²) in [6, 6.07) is 4.36. The van der Waals surface area contributed by atoms with E-state index in [1.807, 2.05) is 0 Å². The smallest absolute Gasteiger partial charge is 0.423 e. The molecule has 0 saturated heterocycles. The van der Waals surface area contributed by atoms with Gasteiger partial charge >= 0.3 is 7.12 Å². The maximum atomic E-state index is 13.4. The molecule has 0 unspecified atom stereocenters. The predicted octanol–water partition coefficient (Wildman–Crippen LogP) is 1.24. The van der Waals surface area contributed by atoms with Gasteiger partial charge in [-0.05, 0) is 29.9 Å². The average Bonchev–Trinajstić information content (AvgIpc) is 2.20. The molecule has 15 heavy (non-hydrogen) atoms. The van der Waals surface area contributed by atoms with Crippen LogP contribution in [0.15, 0.2) is 18.2 Å². The summed E-state index contributed by atoms with van der Waals surface area (Å²) in [6.07, 6.45) is 3.87. The van der Waals surface area contributed by atoms with E-state index in [0.717, 1.165) is 19.3 Å². The molecule has 0 bridgehead atoms. The van der Waals surface area contributed by atoms with E-state index < -0.39 is 7.12 Å². The Morgan fingerprint density at radius 3 is 2.53 bits per heavy atom. The van der Waals surface area contributed by atoms with E-state index >= 15 is 0 Å². The van der Waals surface area contributed by atoms with Gasteiger partial charge in [0.15, 0.2) is 0 Å². The first-order valence-electron chi connectivity index (χ1n) is 5.29. The second-order valence-electron chi connectivity index (χ2n) is 3.68. The van der Waals surface area contributed by atoms with Crippen molar-refractivity contribution in [2.24, 2.45) is 0 Å². The Morgan fingerprint density at radius 2 is 2.00 bits per heavy atom. The average molecular weight is 210 g/mol. The molecule has 0 spiro atoms. The van der Waals surface area contributed by atoms with Crippen LogP contribution in [0.25, 0.3) is 0 Å². The molecule has 0 fully saturated rings. The van der Waals surface area contributed by atoms with Crippen LogP contribution in [0.5, 0.6) is 0 Å². The van der Waals surface area contributed by atoms with Gasteiger partial charge in [0.2, 0.25) is 0 Å². The molecule has 0 atom stereocenters. The summed E-state index contributed by atoms with van der Waals surface area (Å²) in [5, 5.41) is 17.7. The zero-order valence-corrected chi connectivity index (χ0v) is 8.91. The third-order valence-corrected chi connectivity index (χ3v) is 2.42. The van der Waals surface area contributed by atoms with Crippen LogP contribution in [0.3, 0.4) is 0 Å². The van der Waals surface area contributed by atoms with Gasteiger partial charge in [0.05, 0.1) is 0 Å². The second kappa shape index (κ2) is 5.88. The molecule has 82 valence electrons. The standard InChI is InChI=1S/C11H16BFO2/c1-2-3-4-5-9-6-7-10(12(14)15)8-11(9)13/h6-8,14-15H,2-5H2,1H3. The number of halogens is 1. The quantitative estimate of drug-likeness (QED) is 0.567. The Bertz CT molecular complexity index is 315. The Hall–Kier alpha value is -0.865. The van der Waals surface area contributed by atoms with Crippen molar-refractivity contribution in [2.75, 3.05) is 0 Å². The summed E-state index contributed by atoms with van der Waals surface area (Å²) in [4.78, 5) is 0. The largest absolute Gasteiger partial charge is 0.488 e. The lowest BCUT2D eigenvalue weighted by Crippen LogP contribution is -2.30. The number of hydrogen-bond donors (Lipinski definition) is 2. The molecule has 0 amide bonds. The molecule has 0 radical (unpaired) electrons. The van der Waals surface area contributed by atoms with Gasteiger partial charge in [0.1, 0.15) is 5.82 Å². The van der Waals surface area contributed by atoms with Crippen LogP contribution < -0.4 is 5.46 Å². The lowest BCUT2D eigenvalue weighted by molar-refractivity contribution is 0.425. The van der Waals surface area contributed by atoms with Crippen LogP contribution in [-0.2, 0) is 6.42 Å². The molecule has 0 heterocycles. The van der Waals surface area contributed by atoms with Gasteiger partial charge in [0.25, 0.3) is 0 Å². The van der Waals surface area contributed by atoms with Gasteiger partial charge in [-0.1, -0.05) is 31.9 Å². The summed E-state index contributed by atoms with van der Waals surface area (Å²) >= 11 is 0. The highest BCUT2D eigenvalue weighted by Gasteiger charge is 2.12. The number of unbranched alkanes of at least 4 members (excludes halogenated alkanes) is 2. The molecule has 0 saturated carbocycles. The molecular formula is C11H16BFO2. The van der Waals surface area contributed by atoms with Crippen molar-refractivity contribution in [3.8, 4) is 0 Å². The van der Waals surface area contributed by atoms with Crippen molar-refractivity contribution in [1.82, 2.24) is 0 Å². The third kappa shape index (κ3) is 3.65. The maximum Gasteiger partial charge on any atom is 0.488 e. The Balaban J connectivity index is 2.66. The number of rotatable bonds is 5. The van der Waals surface area contributed by atoms with Gasteiger partial charge in [-0.2, -0.15) is 0 Å². The molecule has 2 nitrogen and oxygen atoms in total. The van der Waals surface area contributed by atoms with E-state index in [2.05, 4.69) is 6.92 Å². The van der Waals surface area contributed by atoms with Crippen LogP contribution in [0.1, 0.15) is 31.7 Å². The van der Waals surface area contributed by atoms with Crippen molar-refractivity contribution in [3.05, 3.63) is 29.6 Å². The fraction of sp³-hybridized carbons (Fsp3) is 0.455. The molecule has 1 rings (SSSR count). The summed E-state index contributed by atoms with van der Waals surface area (Å²) in [5.41, 5.74) is 0.847. The fourth-order valence-electron chi connectivity index (χ4n) is 1.49. The first-order valence-corrected chi connectivity index (χ1v) is 5.29. The van der Waals surface area contributed by atoms with E-state index in [-0.39, 0.29) is 11.3 Å². The normalized spacial score (nSPS) is 10.4. The summed E-state index contributed by atoms with van der Waals surface area (Å²) in [6.45, 7) is 2.10. The zero-order valence-electron chi connectivity index (χ0n) is 8.91. The Kier molecular flexibility index (Phi) is 4.79. The fourth-order valence-corrected chi connectivity index (χ4v) is 1.49. The highest BCUT2D eigenvalue weighted by Crippen LogP contribution is 2.10. The predicted molar refractivity (Wildman–Crippen MR) is 59.5 cm³/mol. The molecule has 0 aliphatic heterocycles. The van der Waals surface area contributed by atoms with Gasteiger partial charge in [-0.15, -0.1) is 0 Å². The SMILES string of the molecule is CCCCCc1ccc(B(O)O)cc1F. The second-order valence-corrected chi connectivity index (χ2v) is 3.68. The van der Waals surface area contributed by atoms with Crippen molar-refractivity contribution in [1.29, 1.82) is 0 Å². The highest BCUT2D eigenvalue weighted by molar-refractivity contribution is 6.58. The maximum absolute atomic E-state index is 13.4. The van der Waals surface area contributed by atoms with Crippen LogP contribution in [0.4, 0.5) is 4.39 Å². The molecule has 0 aliphatic carbocycles. The lowest BCUT2D eigenvalue weighted by Gasteiger charge is -2.05. The molecule has 0 aromatic heterocycles. The number of benzene rings is 1. The molecule has 4 heteroatoms. The summed E-state index contributed by atoms with van der Waals surface area (Å²) < 4.78 is 13.4. The molecule has 1 aromatic carbocycles. The van der Waals surface area contributed by atoms with Crippen LogP contribution in [-0.4, -0.2) is 17.2 Å². The minimum absolute atomic E-state index is 0.201. The Morgan fingerprint density at radius 1 is 1.27 bits per heavy atom. The molecule has 2 N–H and O–H groups in total. The van der Waals surface area contributed by atoms with Gasteiger partial charge in [-0.3, -0.25) is 0 Å². The minimum atomic E-state index is -1.59. The van der Waals surface area contributed by atoms with Crippen molar-refractivity contribution in [2.45, 2.75) is 32.6 Å². The first-order chi connectivity index (χ1) is 7.15. The Labute approximate surface area is 89.9 Å². The summed E-state index contributed by atoms with van der Waals surface area (Å²) in [7, 11) is -1.59. The zero-order chi connectivity index (χ0) is 11.3. The van der Waals surface area contributed by atoms with E-state index in [9.17, 15) is 4.39 Å². The van der Waals surface area contributed by atoms with Crippen molar-refractivity contribution >= 4 is 12.6 Å². The molecule has 1 aromatic rings. The molecular weight excluding hydrogens is 194 g/mol. The topological polar surface area (TPSA) is 40.5 Å². The van der Waals surface area contributed by atoms with Crippen LogP contribution in [0.2, 0.25) is 0 Å². The van der Waals surface area contributed by atoms with Gasteiger partial charge < -0.3 is 10.0 Å². The number of hydrogen-bond acceptors (Lipinski definition) is 2. The van der Waals surface area contributed by atoms with E-state index in [4.69, 9.17) is 10.0 Å². The lowest BCUT2D eigenvalue weighted by atomic mass is 9.80. The summed E-state index contributed by atoms with van der Waals surface area (Å²) in [5.74, 6) is -0.350. The van der Waals surface area contributed by atoms with Crippen molar-refractivity contribution in [3.63, 3.8) is 0 Å². The van der Waals surface area contributed by atoms with E-state index in [1.165, 1.54) is 6.07 Å². The van der Waals surface area contributed by atoms with Crippen LogP contribution in [0, 0.1) is 5.82 Å². The van der Waals surface area contributed by atoms with Gasteiger partial charge in [-0.25, -0.2) is 4.39 Å². The van der Waals surface area contributed by atoms with Gasteiger partial charge in [0, 0.05) is 0 Å².